The highest BCUT2D eigenvalue weighted by molar-refractivity contribution is 7.99. The molecular formula is C11H18N2O4S. The topological polar surface area (TPSA) is 78.9 Å². The molecular weight excluding hydrogens is 256 g/mol. The lowest BCUT2D eigenvalue weighted by Crippen LogP contribution is -2.55. The van der Waals surface area contributed by atoms with Crippen LogP contribution in [0.2, 0.25) is 0 Å². The van der Waals surface area contributed by atoms with Gasteiger partial charge in [0.2, 0.25) is 0 Å². The molecule has 18 heavy (non-hydrogen) atoms. The summed E-state index contributed by atoms with van der Waals surface area (Å²) in [6.45, 7) is 4.85. The van der Waals surface area contributed by atoms with Crippen LogP contribution in [-0.2, 0) is 9.53 Å². The van der Waals surface area contributed by atoms with Crippen molar-refractivity contribution < 1.29 is 19.4 Å². The first kappa shape index (κ1) is 14.8. The fourth-order valence-corrected chi connectivity index (χ4v) is 2.13. The van der Waals surface area contributed by atoms with Gasteiger partial charge in [-0.05, 0) is 0 Å². The van der Waals surface area contributed by atoms with Crippen LogP contribution in [0.1, 0.15) is 0 Å². The van der Waals surface area contributed by atoms with E-state index in [-0.39, 0.29) is 12.6 Å². The first-order valence-electron chi connectivity index (χ1n) is 5.70. The van der Waals surface area contributed by atoms with E-state index in [1.54, 1.807) is 17.8 Å². The second-order valence-electron chi connectivity index (χ2n) is 3.72. The number of amides is 2. The molecule has 2 amide bonds. The Morgan fingerprint density at radius 2 is 2.39 bits per heavy atom. The molecule has 1 heterocycles. The summed E-state index contributed by atoms with van der Waals surface area (Å²) in [5, 5.41) is 11.7. The third-order valence-corrected chi connectivity index (χ3v) is 3.40. The maximum atomic E-state index is 11.8. The SMILES string of the molecule is C=CCSCCNC(=O)N1CCOCC1C(=O)O. The summed E-state index contributed by atoms with van der Waals surface area (Å²) in [5.74, 6) is 0.580. The maximum Gasteiger partial charge on any atom is 0.328 e. The number of carbonyl (C=O) groups excluding carboxylic acids is 1. The van der Waals surface area contributed by atoms with Crippen molar-refractivity contribution in [3.05, 3.63) is 12.7 Å². The number of carbonyl (C=O) groups is 2. The lowest BCUT2D eigenvalue weighted by atomic mass is 10.2. The number of carboxylic acids is 1. The lowest BCUT2D eigenvalue weighted by Gasteiger charge is -2.32. The van der Waals surface area contributed by atoms with Crippen LogP contribution in [-0.4, -0.2) is 65.9 Å². The number of morpholine rings is 1. The van der Waals surface area contributed by atoms with Gasteiger partial charge in [0.1, 0.15) is 0 Å². The van der Waals surface area contributed by atoms with Crippen LogP contribution < -0.4 is 5.32 Å². The zero-order chi connectivity index (χ0) is 13.4. The van der Waals surface area contributed by atoms with E-state index in [1.807, 2.05) is 0 Å². The highest BCUT2D eigenvalue weighted by Gasteiger charge is 2.32. The van der Waals surface area contributed by atoms with E-state index in [9.17, 15) is 9.59 Å². The number of hydrogen-bond acceptors (Lipinski definition) is 4. The second-order valence-corrected chi connectivity index (χ2v) is 4.87. The molecule has 6 nitrogen and oxygen atoms in total. The first-order valence-corrected chi connectivity index (χ1v) is 6.86. The van der Waals surface area contributed by atoms with Crippen LogP contribution in [0.5, 0.6) is 0 Å². The van der Waals surface area contributed by atoms with Gasteiger partial charge in [0.05, 0.1) is 13.2 Å². The van der Waals surface area contributed by atoms with Crippen molar-refractivity contribution in [1.82, 2.24) is 10.2 Å². The Bertz CT molecular complexity index is 311. The Labute approximate surface area is 110 Å². The molecule has 0 aliphatic carbocycles. The normalized spacial score (nSPS) is 19.3. The van der Waals surface area contributed by atoms with Gasteiger partial charge < -0.3 is 20.1 Å². The zero-order valence-electron chi connectivity index (χ0n) is 10.1. The van der Waals surface area contributed by atoms with Crippen molar-refractivity contribution >= 4 is 23.8 Å². The summed E-state index contributed by atoms with van der Waals surface area (Å²) in [5.41, 5.74) is 0. The molecule has 0 aromatic heterocycles. The third-order valence-electron chi connectivity index (χ3n) is 2.43. The van der Waals surface area contributed by atoms with Crippen molar-refractivity contribution in [3.8, 4) is 0 Å². The second kappa shape index (κ2) is 7.99. The number of aliphatic carboxylic acids is 1. The van der Waals surface area contributed by atoms with Gasteiger partial charge in [-0.2, -0.15) is 11.8 Å². The van der Waals surface area contributed by atoms with Gasteiger partial charge in [0.25, 0.3) is 0 Å². The van der Waals surface area contributed by atoms with E-state index >= 15 is 0 Å². The van der Waals surface area contributed by atoms with E-state index in [2.05, 4.69) is 11.9 Å². The monoisotopic (exact) mass is 274 g/mol. The van der Waals surface area contributed by atoms with Crippen LogP contribution >= 0.6 is 11.8 Å². The molecule has 2 N–H and O–H groups in total. The molecule has 0 aromatic carbocycles. The molecule has 0 aromatic rings. The Morgan fingerprint density at radius 1 is 1.61 bits per heavy atom. The number of urea groups is 1. The molecule has 0 radical (unpaired) electrons. The molecule has 1 atom stereocenters. The average molecular weight is 274 g/mol. The summed E-state index contributed by atoms with van der Waals surface area (Å²) in [7, 11) is 0. The predicted molar refractivity (Wildman–Crippen MR) is 69.9 cm³/mol. The average Bonchev–Trinajstić information content (AvgIpc) is 2.38. The van der Waals surface area contributed by atoms with Gasteiger partial charge in [-0.15, -0.1) is 6.58 Å². The van der Waals surface area contributed by atoms with Crippen molar-refractivity contribution in [2.75, 3.05) is 37.8 Å². The van der Waals surface area contributed by atoms with Crippen LogP contribution in [0.3, 0.4) is 0 Å². The number of nitrogens with one attached hydrogen (secondary N) is 1. The van der Waals surface area contributed by atoms with E-state index in [0.29, 0.717) is 19.7 Å². The molecule has 1 aliphatic rings. The third kappa shape index (κ3) is 4.58. The van der Waals surface area contributed by atoms with E-state index in [4.69, 9.17) is 9.84 Å². The molecule has 0 saturated carbocycles. The fourth-order valence-electron chi connectivity index (χ4n) is 1.55. The van der Waals surface area contributed by atoms with Crippen LogP contribution in [0.4, 0.5) is 4.79 Å². The van der Waals surface area contributed by atoms with Crippen molar-refractivity contribution in [2.24, 2.45) is 0 Å². The maximum absolute atomic E-state index is 11.8. The van der Waals surface area contributed by atoms with Gasteiger partial charge in [0.15, 0.2) is 6.04 Å². The number of thioether (sulfide) groups is 1. The Hall–Kier alpha value is -1.21. The summed E-state index contributed by atoms with van der Waals surface area (Å²) < 4.78 is 5.06. The number of rotatable bonds is 6. The van der Waals surface area contributed by atoms with Crippen molar-refractivity contribution in [1.29, 1.82) is 0 Å². The van der Waals surface area contributed by atoms with Gasteiger partial charge in [-0.1, -0.05) is 6.08 Å². The zero-order valence-corrected chi connectivity index (χ0v) is 10.9. The number of nitrogens with zero attached hydrogens (tertiary/aromatic N) is 1. The minimum Gasteiger partial charge on any atom is -0.480 e. The smallest absolute Gasteiger partial charge is 0.328 e. The van der Waals surface area contributed by atoms with E-state index in [1.165, 1.54) is 4.90 Å². The van der Waals surface area contributed by atoms with E-state index in [0.717, 1.165) is 11.5 Å². The predicted octanol–water partition coefficient (Wildman–Crippen LogP) is 0.401. The quantitative estimate of drug-likeness (QED) is 0.541. The Kier molecular flexibility index (Phi) is 6.59. The summed E-state index contributed by atoms with van der Waals surface area (Å²) in [6.07, 6.45) is 1.80. The molecule has 1 rings (SSSR count). The van der Waals surface area contributed by atoms with Crippen LogP contribution in [0.15, 0.2) is 12.7 Å². The summed E-state index contributed by atoms with van der Waals surface area (Å²) in [4.78, 5) is 24.1. The molecule has 1 aliphatic heterocycles. The molecule has 1 unspecified atom stereocenters. The van der Waals surface area contributed by atoms with Crippen molar-refractivity contribution in [3.63, 3.8) is 0 Å². The number of carboxylic acid groups (broad SMARTS) is 1. The summed E-state index contributed by atoms with van der Waals surface area (Å²) >= 11 is 1.66. The molecule has 1 saturated heterocycles. The molecule has 1 fully saturated rings. The standard InChI is InChI=1S/C11H18N2O4S/c1-2-6-18-7-3-12-11(16)13-4-5-17-8-9(13)10(14)15/h2,9H,1,3-8H2,(H,12,16)(H,14,15). The fraction of sp³-hybridized carbons (Fsp3) is 0.636. The van der Waals surface area contributed by atoms with Crippen molar-refractivity contribution in [2.45, 2.75) is 6.04 Å². The highest BCUT2D eigenvalue weighted by atomic mass is 32.2. The minimum absolute atomic E-state index is 0.0496. The molecule has 0 bridgehead atoms. The number of hydrogen-bond donors (Lipinski definition) is 2. The molecule has 0 spiro atoms. The van der Waals surface area contributed by atoms with E-state index < -0.39 is 12.0 Å². The lowest BCUT2D eigenvalue weighted by molar-refractivity contribution is -0.147. The molecule has 102 valence electrons. The highest BCUT2D eigenvalue weighted by Crippen LogP contribution is 2.07. The number of ether oxygens (including phenoxy) is 1. The van der Waals surface area contributed by atoms with Crippen LogP contribution in [0, 0.1) is 0 Å². The minimum atomic E-state index is -1.04. The summed E-state index contributed by atoms with van der Waals surface area (Å²) in [6, 6.07) is -1.23. The van der Waals surface area contributed by atoms with Gasteiger partial charge in [-0.3, -0.25) is 0 Å². The molecule has 7 heteroatoms. The Balaban J connectivity index is 2.34. The van der Waals surface area contributed by atoms with Gasteiger partial charge in [0, 0.05) is 24.6 Å². The first-order chi connectivity index (χ1) is 8.66. The Morgan fingerprint density at radius 3 is 3.06 bits per heavy atom. The van der Waals surface area contributed by atoms with Gasteiger partial charge >= 0.3 is 12.0 Å². The van der Waals surface area contributed by atoms with Gasteiger partial charge in [-0.25, -0.2) is 9.59 Å². The van der Waals surface area contributed by atoms with Crippen LogP contribution in [0.25, 0.3) is 0 Å². The largest absolute Gasteiger partial charge is 0.480 e.